The van der Waals surface area contributed by atoms with Crippen LogP contribution in [-0.2, 0) is 0 Å². The summed E-state index contributed by atoms with van der Waals surface area (Å²) in [5.41, 5.74) is 38.4. The van der Waals surface area contributed by atoms with E-state index in [0.717, 1.165) is 0 Å². The van der Waals surface area contributed by atoms with Gasteiger partial charge < -0.3 is 0 Å². The summed E-state index contributed by atoms with van der Waals surface area (Å²) in [5, 5.41) is 0. The summed E-state index contributed by atoms with van der Waals surface area (Å²) < 4.78 is 0. The lowest BCUT2D eigenvalue weighted by molar-refractivity contribution is 1.31. The molecule has 0 saturated carbocycles. The fraction of sp³-hybridized carbons (Fsp3) is 0.191. The Hall–Kier alpha value is -9.36. The van der Waals surface area contributed by atoms with Crippen molar-refractivity contribution in [3.63, 3.8) is 0 Å². The zero-order valence-corrected chi connectivity index (χ0v) is 56.3. The van der Waals surface area contributed by atoms with Crippen LogP contribution in [0.15, 0.2) is 261 Å². The van der Waals surface area contributed by atoms with Gasteiger partial charge >= 0.3 is 0 Å². The Kier molecular flexibility index (Phi) is 24.6. The molecule has 12 aromatic carbocycles. The Bertz CT molecular complexity index is 4150. The first-order chi connectivity index (χ1) is 42.6. The van der Waals surface area contributed by atoms with Crippen LogP contribution in [0.25, 0.3) is 66.8 Å². The molecular weight excluding hydrogens is 1070 g/mol. The van der Waals surface area contributed by atoms with Crippen LogP contribution in [0.5, 0.6) is 0 Å². The predicted octanol–water partition coefficient (Wildman–Crippen LogP) is 25.4. The van der Waals surface area contributed by atoms with Crippen molar-refractivity contribution in [3.8, 4) is 66.8 Å². The van der Waals surface area contributed by atoms with Crippen molar-refractivity contribution in [1.82, 2.24) is 0 Å². The quantitative estimate of drug-likeness (QED) is 0.156. The van der Waals surface area contributed by atoms with Gasteiger partial charge in [0.1, 0.15) is 0 Å². The highest BCUT2D eigenvalue weighted by Gasteiger charge is 2.08. The third-order valence-electron chi connectivity index (χ3n) is 15.8. The minimum Gasteiger partial charge on any atom is -0.0617 e. The van der Waals surface area contributed by atoms with Crippen LogP contribution >= 0.6 is 0 Å². The maximum absolute atomic E-state index is 2.25. The second kappa shape index (κ2) is 32.6. The molecule has 0 heterocycles. The van der Waals surface area contributed by atoms with Crippen molar-refractivity contribution in [2.24, 2.45) is 0 Å². The van der Waals surface area contributed by atoms with Crippen LogP contribution in [0.1, 0.15) is 94.6 Å². The fourth-order valence-corrected chi connectivity index (χ4v) is 11.6. The normalized spacial score (nSPS) is 10.3. The van der Waals surface area contributed by atoms with E-state index >= 15 is 0 Å². The zero-order valence-electron chi connectivity index (χ0n) is 56.3. The van der Waals surface area contributed by atoms with Crippen molar-refractivity contribution in [2.45, 2.75) is 118 Å². The smallest absolute Gasteiger partial charge is 0.0125 e. The first kappa shape index (κ1) is 67.2. The topological polar surface area (TPSA) is 0 Å². The van der Waals surface area contributed by atoms with E-state index in [0.29, 0.717) is 0 Å². The van der Waals surface area contributed by atoms with E-state index in [1.807, 2.05) is 0 Å². The lowest BCUT2D eigenvalue weighted by atomic mass is 9.93. The van der Waals surface area contributed by atoms with Gasteiger partial charge in [0.05, 0.1) is 0 Å². The highest BCUT2D eigenvalue weighted by Crippen LogP contribution is 2.31. The Morgan fingerprint density at radius 3 is 0.775 bits per heavy atom. The van der Waals surface area contributed by atoms with Gasteiger partial charge in [-0.3, -0.25) is 0 Å². The van der Waals surface area contributed by atoms with Gasteiger partial charge in [0.15, 0.2) is 0 Å². The Morgan fingerprint density at radius 1 is 0.135 bits per heavy atom. The molecule has 0 aliphatic rings. The average molecular weight is 1160 g/mol. The molecule has 0 bridgehead atoms. The third-order valence-corrected chi connectivity index (χ3v) is 15.8. The molecule has 0 N–H and O–H groups in total. The van der Waals surface area contributed by atoms with E-state index in [-0.39, 0.29) is 0 Å². The van der Waals surface area contributed by atoms with Gasteiger partial charge in [-0.2, -0.15) is 0 Å². The zero-order chi connectivity index (χ0) is 64.1. The molecule has 0 atom stereocenters. The van der Waals surface area contributed by atoms with Crippen molar-refractivity contribution in [1.29, 1.82) is 0 Å². The van der Waals surface area contributed by atoms with E-state index in [1.54, 1.807) is 0 Å². The molecular formula is C89H94. The van der Waals surface area contributed by atoms with E-state index in [1.165, 1.54) is 161 Å². The Labute approximate surface area is 536 Å². The number of hydrogen-bond acceptors (Lipinski definition) is 0. The van der Waals surface area contributed by atoms with Crippen molar-refractivity contribution >= 4 is 0 Å². The van der Waals surface area contributed by atoms with Crippen LogP contribution in [0.2, 0.25) is 0 Å². The molecule has 0 nitrogen and oxygen atoms in total. The number of benzene rings is 12. The maximum Gasteiger partial charge on any atom is -0.0125 e. The molecule has 0 heteroatoms. The molecule has 0 aromatic heterocycles. The molecule has 0 fully saturated rings. The van der Waals surface area contributed by atoms with E-state index in [4.69, 9.17) is 0 Å². The third kappa shape index (κ3) is 20.6. The predicted molar refractivity (Wildman–Crippen MR) is 392 cm³/mol. The van der Waals surface area contributed by atoms with Gasteiger partial charge in [-0.1, -0.05) is 328 Å². The Balaban J connectivity index is 0.000000152. The van der Waals surface area contributed by atoms with Crippen molar-refractivity contribution in [2.75, 3.05) is 0 Å². The van der Waals surface area contributed by atoms with Crippen LogP contribution in [0.3, 0.4) is 0 Å². The largest absolute Gasteiger partial charge is 0.0617 e. The molecule has 89 heavy (non-hydrogen) atoms. The molecule has 0 aliphatic carbocycles. The number of aryl methyl sites for hydroxylation is 17. The minimum atomic E-state index is 1.29. The number of hydrogen-bond donors (Lipinski definition) is 0. The summed E-state index contributed by atoms with van der Waals surface area (Å²) in [7, 11) is 0. The van der Waals surface area contributed by atoms with E-state index in [2.05, 4.69) is 379 Å². The summed E-state index contributed by atoms with van der Waals surface area (Å²) in [4.78, 5) is 0. The molecule has 0 radical (unpaired) electrons. The van der Waals surface area contributed by atoms with Gasteiger partial charge in [0.2, 0.25) is 0 Å². The van der Waals surface area contributed by atoms with Crippen molar-refractivity contribution < 1.29 is 0 Å². The van der Waals surface area contributed by atoms with Crippen LogP contribution in [-0.4, -0.2) is 0 Å². The lowest BCUT2D eigenvalue weighted by Crippen LogP contribution is -1.90. The second-order valence-corrected chi connectivity index (χ2v) is 24.7. The molecule has 0 saturated heterocycles. The van der Waals surface area contributed by atoms with Gasteiger partial charge in [0, 0.05) is 0 Å². The SMILES string of the molecule is Cc1ccc(-c2cccc(C)c2)cc1.Cc1cccc(-c2c(C)cc(C)cc2C)c1.Cc1cccc(-c2c(C)cccc2C)c1.Cc1cccc(-c2cc(C)cc(C)c2)c1.Cc1cccc(-c2ccc(C)cc2C)c1.Cc1cccc(-c2cccc(C)c2)c1. The maximum atomic E-state index is 2.25. The summed E-state index contributed by atoms with van der Waals surface area (Å²) in [5.74, 6) is 0. The first-order valence-electron chi connectivity index (χ1n) is 31.4. The summed E-state index contributed by atoms with van der Waals surface area (Å²) in [6.07, 6.45) is 0. The lowest BCUT2D eigenvalue weighted by Gasteiger charge is -2.12. The van der Waals surface area contributed by atoms with Gasteiger partial charge in [0.25, 0.3) is 0 Å². The van der Waals surface area contributed by atoms with Crippen LogP contribution < -0.4 is 0 Å². The Morgan fingerprint density at radius 2 is 0.393 bits per heavy atom. The summed E-state index contributed by atoms with van der Waals surface area (Å²) in [6, 6.07) is 93.4. The van der Waals surface area contributed by atoms with Gasteiger partial charge in [-0.15, -0.1) is 0 Å². The van der Waals surface area contributed by atoms with Gasteiger partial charge in [-0.05, 0) is 212 Å². The van der Waals surface area contributed by atoms with E-state index < -0.39 is 0 Å². The second-order valence-electron chi connectivity index (χ2n) is 24.7. The molecule has 12 rings (SSSR count). The average Bonchev–Trinajstić information content (AvgIpc) is 3.42. The molecule has 0 spiro atoms. The molecule has 12 aromatic rings. The summed E-state index contributed by atoms with van der Waals surface area (Å²) >= 11 is 0. The molecule has 0 aliphatic heterocycles. The van der Waals surface area contributed by atoms with Crippen LogP contribution in [0, 0.1) is 118 Å². The van der Waals surface area contributed by atoms with Crippen molar-refractivity contribution in [3.05, 3.63) is 355 Å². The van der Waals surface area contributed by atoms with Crippen LogP contribution in [0.4, 0.5) is 0 Å². The number of rotatable bonds is 6. The summed E-state index contributed by atoms with van der Waals surface area (Å²) in [6.45, 7) is 36.5. The molecule has 450 valence electrons. The first-order valence-corrected chi connectivity index (χ1v) is 31.4. The molecule has 0 amide bonds. The minimum absolute atomic E-state index is 1.29. The van der Waals surface area contributed by atoms with Gasteiger partial charge in [-0.25, -0.2) is 0 Å². The monoisotopic (exact) mass is 1160 g/mol. The standard InChI is InChI=1S/C16H18.3C15H16.2C14H14/c1-11-6-5-7-15(10-11)16-13(3)8-12(2)9-14(16)4;1-11-6-4-9-14(10-11)15-12(2)7-5-8-13(15)3;1-11-5-4-6-14(8-11)15-9-12(2)7-13(3)10-15;1-11-5-4-6-14(10-11)15-8-7-12(2)9-13(15)3;1-11-5-3-7-13(9-11)14-8-4-6-12(2)10-14;1-11-6-8-13(9-7-11)14-5-3-4-12(2)10-14/h5-10H,1-4H3;3*4-10H,1-3H3;2*3-10H,1-2H3. The highest BCUT2D eigenvalue weighted by atomic mass is 14.1. The van der Waals surface area contributed by atoms with E-state index in [9.17, 15) is 0 Å². The highest BCUT2D eigenvalue weighted by molar-refractivity contribution is 5.74. The molecule has 0 unspecified atom stereocenters. The fourth-order valence-electron chi connectivity index (χ4n) is 11.6.